The van der Waals surface area contributed by atoms with Crippen LogP contribution in [0.25, 0.3) is 0 Å². The van der Waals surface area contributed by atoms with Crippen LogP contribution in [0.3, 0.4) is 0 Å². The fourth-order valence-corrected chi connectivity index (χ4v) is 9.23. The van der Waals surface area contributed by atoms with Gasteiger partial charge in [-0.2, -0.15) is 0 Å². The summed E-state index contributed by atoms with van der Waals surface area (Å²) in [7, 11) is 8.58. The predicted octanol–water partition coefficient (Wildman–Crippen LogP) is 3.48. The largest absolute Gasteiger partial charge is 0.379 e. The zero-order valence-electron chi connectivity index (χ0n) is 38.8. The van der Waals surface area contributed by atoms with E-state index >= 15 is 0 Å². The first-order chi connectivity index (χ1) is 28.5. The molecule has 4 N–H and O–H groups in total. The molecule has 60 heavy (non-hydrogen) atoms. The van der Waals surface area contributed by atoms with Crippen molar-refractivity contribution in [3.8, 4) is 0 Å². The molecule has 2 fully saturated rings. The smallest absolute Gasteiger partial charge is 0.245 e. The Bertz CT molecular complexity index is 1500. The average molecular weight is 842 g/mol. The van der Waals surface area contributed by atoms with Crippen LogP contribution in [-0.4, -0.2) is 148 Å². The SMILES string of the molecule is CC[C@H](C)[C@@H]([C@@H](CC(=O)N1CCC[C@H]1[C@H](OC)[C@@H](C)C(=O)N[C@@H](Cc1ccccc1)C(=O)NCC1CCNCC1)OC)N(C)C(=O)[C@@H](NC(=O)[C@H](C(C)C)N(C)C)C(C)C. The molecule has 1 aromatic rings. The number of ether oxygens (including phenoxy) is 2. The van der Waals surface area contributed by atoms with E-state index in [2.05, 4.69) is 21.3 Å². The van der Waals surface area contributed by atoms with E-state index in [9.17, 15) is 24.0 Å². The van der Waals surface area contributed by atoms with Crippen molar-refractivity contribution in [1.82, 2.24) is 36.0 Å². The summed E-state index contributed by atoms with van der Waals surface area (Å²) in [4.78, 5) is 75.2. The monoisotopic (exact) mass is 842 g/mol. The van der Waals surface area contributed by atoms with Crippen LogP contribution in [0, 0.1) is 29.6 Å². The number of rotatable bonds is 23. The molecule has 2 heterocycles. The van der Waals surface area contributed by atoms with Crippen molar-refractivity contribution in [2.75, 3.05) is 61.5 Å². The molecular weight excluding hydrogens is 763 g/mol. The maximum atomic E-state index is 14.4. The molecule has 0 bridgehead atoms. The van der Waals surface area contributed by atoms with Crippen LogP contribution in [0.5, 0.6) is 0 Å². The fraction of sp³-hybridized carbons (Fsp3) is 0.761. The molecule has 2 aliphatic heterocycles. The maximum absolute atomic E-state index is 14.4. The van der Waals surface area contributed by atoms with Gasteiger partial charge >= 0.3 is 0 Å². The van der Waals surface area contributed by atoms with Crippen LogP contribution in [0.1, 0.15) is 92.6 Å². The molecule has 0 aliphatic carbocycles. The van der Waals surface area contributed by atoms with Crippen LogP contribution >= 0.6 is 0 Å². The average Bonchev–Trinajstić information content (AvgIpc) is 3.71. The van der Waals surface area contributed by atoms with E-state index in [1.165, 1.54) is 0 Å². The topological polar surface area (TPSA) is 162 Å². The van der Waals surface area contributed by atoms with Crippen molar-refractivity contribution in [2.45, 2.75) is 136 Å². The second-order valence-electron chi connectivity index (χ2n) is 18.2. The molecule has 0 spiro atoms. The molecule has 2 aliphatic rings. The number of piperidine rings is 1. The molecule has 2 saturated heterocycles. The number of likely N-dealkylation sites (tertiary alicyclic amines) is 1. The van der Waals surface area contributed by atoms with Crippen LogP contribution in [0.2, 0.25) is 0 Å². The first-order valence-electron chi connectivity index (χ1n) is 22.4. The molecule has 14 nitrogen and oxygen atoms in total. The Hall–Kier alpha value is -3.59. The van der Waals surface area contributed by atoms with E-state index in [-0.39, 0.29) is 59.8 Å². The normalized spacial score (nSPS) is 20.2. The highest BCUT2D eigenvalue weighted by molar-refractivity contribution is 5.90. The number of hydrogen-bond donors (Lipinski definition) is 4. The van der Waals surface area contributed by atoms with E-state index in [1.54, 1.807) is 38.0 Å². The minimum atomic E-state index is -0.782. The minimum absolute atomic E-state index is 0.0156. The predicted molar refractivity (Wildman–Crippen MR) is 236 cm³/mol. The molecule has 0 unspecified atom stereocenters. The zero-order valence-corrected chi connectivity index (χ0v) is 38.8. The van der Waals surface area contributed by atoms with Crippen molar-refractivity contribution < 1.29 is 33.4 Å². The van der Waals surface area contributed by atoms with E-state index in [4.69, 9.17) is 9.47 Å². The summed E-state index contributed by atoms with van der Waals surface area (Å²) in [6, 6.07) is 6.86. The fourth-order valence-electron chi connectivity index (χ4n) is 9.23. The van der Waals surface area contributed by atoms with E-state index in [1.807, 2.05) is 90.9 Å². The van der Waals surface area contributed by atoms with Gasteiger partial charge in [0.1, 0.15) is 12.1 Å². The number of carbonyl (C=O) groups is 5. The van der Waals surface area contributed by atoms with Crippen molar-refractivity contribution in [1.29, 1.82) is 0 Å². The van der Waals surface area contributed by atoms with Crippen molar-refractivity contribution in [2.24, 2.45) is 29.6 Å². The van der Waals surface area contributed by atoms with Crippen LogP contribution in [-0.2, 0) is 39.9 Å². The molecule has 3 rings (SSSR count). The van der Waals surface area contributed by atoms with Gasteiger partial charge in [0, 0.05) is 40.8 Å². The Morgan fingerprint density at radius 1 is 0.850 bits per heavy atom. The third-order valence-electron chi connectivity index (χ3n) is 12.9. The molecule has 14 heteroatoms. The van der Waals surface area contributed by atoms with E-state index in [0.717, 1.165) is 44.3 Å². The quantitative estimate of drug-likeness (QED) is 0.129. The molecule has 0 radical (unpaired) electrons. The number of carbonyl (C=O) groups excluding carboxylic acids is 5. The lowest BCUT2D eigenvalue weighted by molar-refractivity contribution is -0.148. The van der Waals surface area contributed by atoms with Gasteiger partial charge in [-0.15, -0.1) is 0 Å². The van der Waals surface area contributed by atoms with Gasteiger partial charge in [-0.25, -0.2) is 0 Å². The Labute approximate surface area is 361 Å². The van der Waals surface area contributed by atoms with Crippen LogP contribution in [0.15, 0.2) is 30.3 Å². The van der Waals surface area contributed by atoms with Crippen LogP contribution in [0.4, 0.5) is 0 Å². The summed E-state index contributed by atoms with van der Waals surface area (Å²) in [6.07, 6.45) is 3.20. The van der Waals surface area contributed by atoms with Gasteiger partial charge in [-0.1, -0.05) is 85.2 Å². The summed E-state index contributed by atoms with van der Waals surface area (Å²) >= 11 is 0. The van der Waals surface area contributed by atoms with E-state index in [0.29, 0.717) is 31.8 Å². The number of nitrogens with zero attached hydrogens (tertiary/aromatic N) is 3. The summed E-state index contributed by atoms with van der Waals surface area (Å²) in [5, 5.41) is 12.6. The molecule has 5 amide bonds. The Morgan fingerprint density at radius 3 is 2.05 bits per heavy atom. The molecule has 0 aromatic heterocycles. The van der Waals surface area contributed by atoms with Crippen molar-refractivity contribution in [3.05, 3.63) is 35.9 Å². The van der Waals surface area contributed by atoms with Gasteiger partial charge in [0.15, 0.2) is 0 Å². The number of likely N-dealkylation sites (N-methyl/N-ethyl adjacent to an activating group) is 2. The van der Waals surface area contributed by atoms with E-state index < -0.39 is 42.3 Å². The number of amides is 5. The second-order valence-corrected chi connectivity index (χ2v) is 18.2. The molecule has 0 saturated carbocycles. The van der Waals surface area contributed by atoms with Gasteiger partial charge in [0.2, 0.25) is 29.5 Å². The Kier molecular flexibility index (Phi) is 20.9. The Balaban J connectivity index is 1.78. The number of benzene rings is 1. The summed E-state index contributed by atoms with van der Waals surface area (Å²) in [5.41, 5.74) is 0.938. The molecular formula is C46H79N7O7. The standard InChI is InChI=1S/C46H79N7O7/c1-13-31(6)41(52(10)46(58)39(29(2)3)50-45(57)40(30(4)5)51(8)9)37(59-11)27-38(54)53-25-17-20-36(53)42(60-12)32(7)43(55)49-35(26-33-18-15-14-16-19-33)44(56)48-28-34-21-23-47-24-22-34/h14-16,18-19,29-32,34-37,39-42,47H,13,17,20-28H2,1-12H3,(H,48,56)(H,49,55)(H,50,57)/t31-,32+,35-,36-,37+,39-,40-,41-,42+/m0/s1. The molecule has 1 aromatic carbocycles. The summed E-state index contributed by atoms with van der Waals surface area (Å²) < 4.78 is 12.1. The van der Waals surface area contributed by atoms with Gasteiger partial charge in [0.25, 0.3) is 0 Å². The highest BCUT2D eigenvalue weighted by atomic mass is 16.5. The number of nitrogens with one attached hydrogen (secondary N) is 4. The van der Waals surface area contributed by atoms with Gasteiger partial charge < -0.3 is 40.5 Å². The number of hydrogen-bond acceptors (Lipinski definition) is 9. The highest BCUT2D eigenvalue weighted by Gasteiger charge is 2.43. The number of methoxy groups -OCH3 is 2. The lowest BCUT2D eigenvalue weighted by atomic mass is 9.89. The highest BCUT2D eigenvalue weighted by Crippen LogP contribution is 2.30. The first-order valence-corrected chi connectivity index (χ1v) is 22.4. The zero-order chi connectivity index (χ0) is 44.7. The second kappa shape index (κ2) is 24.8. The lowest BCUT2D eigenvalue weighted by Crippen LogP contribution is -2.59. The van der Waals surface area contributed by atoms with Crippen LogP contribution < -0.4 is 21.3 Å². The third-order valence-corrected chi connectivity index (χ3v) is 12.9. The minimum Gasteiger partial charge on any atom is -0.379 e. The maximum Gasteiger partial charge on any atom is 0.245 e. The lowest BCUT2D eigenvalue weighted by Gasteiger charge is -2.41. The summed E-state index contributed by atoms with van der Waals surface area (Å²) in [5.74, 6) is -1.58. The molecule has 9 atom stereocenters. The summed E-state index contributed by atoms with van der Waals surface area (Å²) in [6.45, 7) is 16.6. The van der Waals surface area contributed by atoms with Gasteiger partial charge in [-0.3, -0.25) is 28.9 Å². The van der Waals surface area contributed by atoms with Crippen molar-refractivity contribution in [3.63, 3.8) is 0 Å². The van der Waals surface area contributed by atoms with Gasteiger partial charge in [0.05, 0.1) is 42.7 Å². The first kappa shape index (κ1) is 50.8. The third kappa shape index (κ3) is 14.0. The van der Waals surface area contributed by atoms with Crippen molar-refractivity contribution >= 4 is 29.5 Å². The molecule has 340 valence electrons. The Morgan fingerprint density at radius 2 is 1.50 bits per heavy atom. The van der Waals surface area contributed by atoms with Gasteiger partial charge in [-0.05, 0) is 82.1 Å².